The summed E-state index contributed by atoms with van der Waals surface area (Å²) in [5.41, 5.74) is 5.71. The van der Waals surface area contributed by atoms with E-state index >= 15 is 0 Å². The molecule has 0 saturated carbocycles. The first-order chi connectivity index (χ1) is 11.3. The zero-order chi connectivity index (χ0) is 15.9. The van der Waals surface area contributed by atoms with Gasteiger partial charge in [0.25, 0.3) is 5.91 Å². The minimum absolute atomic E-state index is 0.120. The molecule has 3 aromatic rings. The van der Waals surface area contributed by atoms with Gasteiger partial charge in [-0.05, 0) is 29.8 Å². The summed E-state index contributed by atoms with van der Waals surface area (Å²) in [5, 5.41) is 1.87. The van der Waals surface area contributed by atoms with Crippen molar-refractivity contribution in [2.75, 3.05) is 5.01 Å². The number of benzene rings is 3. The Morgan fingerprint density at radius 2 is 1.26 bits per heavy atom. The van der Waals surface area contributed by atoms with Gasteiger partial charge >= 0.3 is 0 Å². The fourth-order valence-corrected chi connectivity index (χ4v) is 2.35. The third-order valence-corrected chi connectivity index (χ3v) is 3.52. The highest BCUT2D eigenvalue weighted by molar-refractivity contribution is 5.95. The molecule has 0 spiro atoms. The maximum atomic E-state index is 12.5. The highest BCUT2D eigenvalue weighted by Crippen LogP contribution is 2.15. The molecule has 0 aliphatic heterocycles. The van der Waals surface area contributed by atoms with Crippen LogP contribution in [0.1, 0.15) is 15.9 Å². The summed E-state index contributed by atoms with van der Waals surface area (Å²) in [6, 6.07) is 29.1. The maximum absolute atomic E-state index is 12.5. The van der Waals surface area contributed by atoms with Gasteiger partial charge in [-0.2, -0.15) is 0 Å². The second-order valence-corrected chi connectivity index (χ2v) is 5.21. The largest absolute Gasteiger partial charge is 0.281 e. The highest BCUT2D eigenvalue weighted by atomic mass is 16.2. The summed E-state index contributed by atoms with van der Waals surface area (Å²) in [7, 11) is 0. The Balaban J connectivity index is 1.82. The van der Waals surface area contributed by atoms with Crippen LogP contribution in [-0.4, -0.2) is 5.91 Å². The number of hydrogen-bond donors (Lipinski definition) is 1. The standard InChI is InChI=1S/C20H18N2O/c23-20(18-12-6-2-7-13-18)21-22(19-14-8-3-9-15-19)16-17-10-4-1-5-11-17/h1-15H,16H2,(H,21,23). The molecule has 0 aromatic heterocycles. The lowest BCUT2D eigenvalue weighted by Crippen LogP contribution is -2.41. The van der Waals surface area contributed by atoms with Crippen LogP contribution in [0.15, 0.2) is 91.0 Å². The lowest BCUT2D eigenvalue weighted by Gasteiger charge is -2.25. The molecule has 0 heterocycles. The van der Waals surface area contributed by atoms with Gasteiger partial charge in [0.15, 0.2) is 0 Å². The summed E-state index contributed by atoms with van der Waals surface area (Å²) in [6.45, 7) is 0.601. The van der Waals surface area contributed by atoms with Gasteiger partial charge in [0.2, 0.25) is 0 Å². The number of para-hydroxylation sites is 1. The van der Waals surface area contributed by atoms with Crippen molar-refractivity contribution in [3.05, 3.63) is 102 Å². The van der Waals surface area contributed by atoms with Gasteiger partial charge in [0.05, 0.1) is 12.2 Å². The molecule has 0 saturated heterocycles. The number of anilines is 1. The van der Waals surface area contributed by atoms with Crippen LogP contribution in [-0.2, 0) is 6.54 Å². The number of hydrogen-bond acceptors (Lipinski definition) is 2. The molecule has 3 heteroatoms. The van der Waals surface area contributed by atoms with Crippen molar-refractivity contribution in [3.8, 4) is 0 Å². The summed E-state index contributed by atoms with van der Waals surface area (Å²) < 4.78 is 0. The van der Waals surface area contributed by atoms with Crippen molar-refractivity contribution < 1.29 is 4.79 Å². The van der Waals surface area contributed by atoms with E-state index in [-0.39, 0.29) is 5.91 Å². The van der Waals surface area contributed by atoms with E-state index in [0.29, 0.717) is 12.1 Å². The predicted molar refractivity (Wildman–Crippen MR) is 93.0 cm³/mol. The molecule has 0 radical (unpaired) electrons. The molecule has 114 valence electrons. The average Bonchev–Trinajstić information content (AvgIpc) is 2.63. The van der Waals surface area contributed by atoms with E-state index in [1.807, 2.05) is 83.9 Å². The first-order valence-corrected chi connectivity index (χ1v) is 7.55. The monoisotopic (exact) mass is 302 g/mol. The second-order valence-electron chi connectivity index (χ2n) is 5.21. The Morgan fingerprint density at radius 1 is 0.739 bits per heavy atom. The molecule has 0 fully saturated rings. The minimum atomic E-state index is -0.120. The lowest BCUT2D eigenvalue weighted by molar-refractivity contribution is 0.0948. The minimum Gasteiger partial charge on any atom is -0.281 e. The fraction of sp³-hybridized carbons (Fsp3) is 0.0500. The molecule has 0 atom stereocenters. The van der Waals surface area contributed by atoms with Gasteiger partial charge in [-0.25, -0.2) is 0 Å². The molecule has 23 heavy (non-hydrogen) atoms. The number of rotatable bonds is 5. The van der Waals surface area contributed by atoms with Crippen LogP contribution < -0.4 is 10.4 Å². The first kappa shape index (κ1) is 14.9. The highest BCUT2D eigenvalue weighted by Gasteiger charge is 2.12. The number of carbonyl (C=O) groups excluding carboxylic acids is 1. The number of nitrogens with one attached hydrogen (secondary N) is 1. The molecule has 0 unspecified atom stereocenters. The van der Waals surface area contributed by atoms with Crippen LogP contribution in [0, 0.1) is 0 Å². The normalized spacial score (nSPS) is 10.1. The zero-order valence-corrected chi connectivity index (χ0v) is 12.7. The number of amides is 1. The van der Waals surface area contributed by atoms with Crippen LogP contribution in [0.4, 0.5) is 5.69 Å². The molecule has 0 aliphatic rings. The second kappa shape index (κ2) is 7.27. The summed E-state index contributed by atoms with van der Waals surface area (Å²) in [5.74, 6) is -0.120. The van der Waals surface area contributed by atoms with Crippen LogP contribution >= 0.6 is 0 Å². The van der Waals surface area contributed by atoms with Crippen LogP contribution in [0.5, 0.6) is 0 Å². The van der Waals surface area contributed by atoms with E-state index in [2.05, 4.69) is 5.43 Å². The average molecular weight is 302 g/mol. The number of nitrogens with zero attached hydrogens (tertiary/aromatic N) is 1. The van der Waals surface area contributed by atoms with E-state index in [9.17, 15) is 4.79 Å². The molecule has 1 N–H and O–H groups in total. The quantitative estimate of drug-likeness (QED) is 0.721. The molecular formula is C20H18N2O. The molecule has 3 aromatic carbocycles. The third-order valence-electron chi connectivity index (χ3n) is 3.52. The first-order valence-electron chi connectivity index (χ1n) is 7.55. The van der Waals surface area contributed by atoms with Crippen molar-refractivity contribution in [1.82, 2.24) is 5.43 Å². The Labute approximate surface area is 136 Å². The molecule has 3 nitrogen and oxygen atoms in total. The molecule has 0 bridgehead atoms. The van der Waals surface area contributed by atoms with Crippen molar-refractivity contribution in [1.29, 1.82) is 0 Å². The Hall–Kier alpha value is -3.07. The number of hydrazine groups is 1. The predicted octanol–water partition coefficient (Wildman–Crippen LogP) is 4.04. The molecule has 0 aliphatic carbocycles. The fourth-order valence-electron chi connectivity index (χ4n) is 2.35. The topological polar surface area (TPSA) is 32.3 Å². The van der Waals surface area contributed by atoms with Crippen molar-refractivity contribution in [3.63, 3.8) is 0 Å². The van der Waals surface area contributed by atoms with E-state index in [1.54, 1.807) is 12.1 Å². The van der Waals surface area contributed by atoms with Gasteiger partial charge in [-0.1, -0.05) is 66.7 Å². The lowest BCUT2D eigenvalue weighted by atomic mass is 10.2. The molecule has 1 amide bonds. The van der Waals surface area contributed by atoms with Gasteiger partial charge in [-0.15, -0.1) is 0 Å². The smallest absolute Gasteiger partial charge is 0.269 e. The summed E-state index contributed by atoms with van der Waals surface area (Å²) in [6.07, 6.45) is 0. The van der Waals surface area contributed by atoms with E-state index < -0.39 is 0 Å². The van der Waals surface area contributed by atoms with Gasteiger partial charge in [-0.3, -0.25) is 15.2 Å². The van der Waals surface area contributed by atoms with Crippen molar-refractivity contribution in [2.45, 2.75) is 6.54 Å². The Bertz CT molecular complexity index is 742. The molecular weight excluding hydrogens is 284 g/mol. The van der Waals surface area contributed by atoms with Gasteiger partial charge in [0.1, 0.15) is 0 Å². The Kier molecular flexibility index (Phi) is 4.69. The van der Waals surface area contributed by atoms with Crippen molar-refractivity contribution in [2.24, 2.45) is 0 Å². The zero-order valence-electron chi connectivity index (χ0n) is 12.7. The third kappa shape index (κ3) is 3.98. The van der Waals surface area contributed by atoms with Crippen LogP contribution in [0.25, 0.3) is 0 Å². The van der Waals surface area contributed by atoms with Crippen molar-refractivity contribution >= 4 is 11.6 Å². The van der Waals surface area contributed by atoms with E-state index in [1.165, 1.54) is 0 Å². The summed E-state index contributed by atoms with van der Waals surface area (Å²) >= 11 is 0. The van der Waals surface area contributed by atoms with Gasteiger partial charge < -0.3 is 0 Å². The SMILES string of the molecule is O=C(NN(Cc1ccccc1)c1ccccc1)c1ccccc1. The maximum Gasteiger partial charge on any atom is 0.269 e. The molecule has 3 rings (SSSR count). The van der Waals surface area contributed by atoms with Crippen LogP contribution in [0.2, 0.25) is 0 Å². The Morgan fingerprint density at radius 3 is 1.87 bits per heavy atom. The van der Waals surface area contributed by atoms with Crippen LogP contribution in [0.3, 0.4) is 0 Å². The van der Waals surface area contributed by atoms with E-state index in [4.69, 9.17) is 0 Å². The van der Waals surface area contributed by atoms with Gasteiger partial charge in [0, 0.05) is 5.56 Å². The number of carbonyl (C=O) groups is 1. The van der Waals surface area contributed by atoms with E-state index in [0.717, 1.165) is 11.3 Å². The summed E-state index contributed by atoms with van der Waals surface area (Å²) in [4.78, 5) is 12.5.